The normalized spacial score (nSPS) is 9.91. The lowest BCUT2D eigenvalue weighted by molar-refractivity contribution is 0.466. The number of hydrogen-bond donors (Lipinski definition) is 3. The van der Waals surface area contributed by atoms with E-state index in [2.05, 4.69) is 5.32 Å². The van der Waals surface area contributed by atoms with E-state index in [1.807, 2.05) is 7.05 Å². The second-order valence-electron chi connectivity index (χ2n) is 2.42. The van der Waals surface area contributed by atoms with Gasteiger partial charge in [0.25, 0.3) is 0 Å². The lowest BCUT2D eigenvalue weighted by Crippen LogP contribution is -2.05. The first-order valence-corrected chi connectivity index (χ1v) is 3.46. The molecule has 0 aliphatic rings. The lowest BCUT2D eigenvalue weighted by atomic mass is 10.2. The Hall–Kier alpha value is -1.22. The highest BCUT2D eigenvalue weighted by Crippen LogP contribution is 2.19. The van der Waals surface area contributed by atoms with Crippen LogP contribution < -0.4 is 11.1 Å². The molecule has 0 aliphatic heterocycles. The fourth-order valence-electron chi connectivity index (χ4n) is 0.921. The first-order valence-electron chi connectivity index (χ1n) is 3.46. The van der Waals surface area contributed by atoms with E-state index in [-0.39, 0.29) is 5.75 Å². The molecule has 0 spiro atoms. The third-order valence-electron chi connectivity index (χ3n) is 1.48. The minimum Gasteiger partial charge on any atom is -0.508 e. The van der Waals surface area contributed by atoms with Crippen molar-refractivity contribution in [3.63, 3.8) is 0 Å². The van der Waals surface area contributed by atoms with Crippen LogP contribution in [-0.4, -0.2) is 12.2 Å². The van der Waals surface area contributed by atoms with Crippen LogP contribution in [-0.2, 0) is 6.54 Å². The molecular formula is C8H12N2O. The van der Waals surface area contributed by atoms with Gasteiger partial charge in [0.05, 0.1) is 0 Å². The molecule has 1 rings (SSSR count). The van der Waals surface area contributed by atoms with E-state index in [1.165, 1.54) is 0 Å². The summed E-state index contributed by atoms with van der Waals surface area (Å²) in [4.78, 5) is 0. The summed E-state index contributed by atoms with van der Waals surface area (Å²) in [6.07, 6.45) is 0. The summed E-state index contributed by atoms with van der Waals surface area (Å²) >= 11 is 0. The molecule has 0 unspecified atom stereocenters. The SMILES string of the molecule is CNCc1ccc(N)cc1O. The molecule has 0 heterocycles. The molecule has 1 aromatic carbocycles. The topological polar surface area (TPSA) is 58.3 Å². The van der Waals surface area contributed by atoms with E-state index < -0.39 is 0 Å². The van der Waals surface area contributed by atoms with Crippen LogP contribution in [0.25, 0.3) is 0 Å². The Morgan fingerprint density at radius 2 is 2.27 bits per heavy atom. The van der Waals surface area contributed by atoms with Gasteiger partial charge in [0.2, 0.25) is 0 Å². The number of nitrogens with two attached hydrogens (primary N) is 1. The predicted octanol–water partition coefficient (Wildman–Crippen LogP) is 0.694. The molecule has 0 aliphatic carbocycles. The molecule has 0 aromatic heterocycles. The van der Waals surface area contributed by atoms with Gasteiger partial charge in [-0.2, -0.15) is 0 Å². The van der Waals surface area contributed by atoms with Gasteiger partial charge in [0.15, 0.2) is 0 Å². The predicted molar refractivity (Wildman–Crippen MR) is 45.3 cm³/mol. The van der Waals surface area contributed by atoms with Gasteiger partial charge in [-0.3, -0.25) is 0 Å². The summed E-state index contributed by atoms with van der Waals surface area (Å²) in [6, 6.07) is 5.13. The quantitative estimate of drug-likeness (QED) is 0.546. The van der Waals surface area contributed by atoms with Crippen LogP contribution in [0.1, 0.15) is 5.56 Å². The second-order valence-corrected chi connectivity index (χ2v) is 2.42. The maximum Gasteiger partial charge on any atom is 0.122 e. The Bertz CT molecular complexity index is 248. The number of hydrogen-bond acceptors (Lipinski definition) is 3. The summed E-state index contributed by atoms with van der Waals surface area (Å²) in [5, 5.41) is 12.2. The smallest absolute Gasteiger partial charge is 0.122 e. The minimum absolute atomic E-state index is 0.249. The molecule has 1 aromatic rings. The molecule has 0 fully saturated rings. The average molecular weight is 152 g/mol. The standard InChI is InChI=1S/C8H12N2O/c1-10-5-6-2-3-7(9)4-8(6)11/h2-4,10-11H,5,9H2,1H3. The molecule has 11 heavy (non-hydrogen) atoms. The van der Waals surface area contributed by atoms with Crippen molar-refractivity contribution >= 4 is 5.69 Å². The number of aromatic hydroxyl groups is 1. The van der Waals surface area contributed by atoms with Crippen molar-refractivity contribution in [1.29, 1.82) is 0 Å². The van der Waals surface area contributed by atoms with Gasteiger partial charge in [-0.15, -0.1) is 0 Å². The van der Waals surface area contributed by atoms with Crippen molar-refractivity contribution in [2.45, 2.75) is 6.54 Å². The molecule has 0 bridgehead atoms. The third-order valence-corrected chi connectivity index (χ3v) is 1.48. The van der Waals surface area contributed by atoms with E-state index in [1.54, 1.807) is 18.2 Å². The Balaban J connectivity index is 2.90. The first-order chi connectivity index (χ1) is 5.24. The number of phenolic OH excluding ortho intramolecular Hbond substituents is 1. The van der Waals surface area contributed by atoms with Crippen LogP contribution in [0, 0.1) is 0 Å². The Morgan fingerprint density at radius 3 is 2.82 bits per heavy atom. The Morgan fingerprint density at radius 1 is 1.55 bits per heavy atom. The molecule has 4 N–H and O–H groups in total. The molecular weight excluding hydrogens is 140 g/mol. The van der Waals surface area contributed by atoms with Gasteiger partial charge in [0.1, 0.15) is 5.75 Å². The molecule has 0 radical (unpaired) electrons. The van der Waals surface area contributed by atoms with E-state index >= 15 is 0 Å². The summed E-state index contributed by atoms with van der Waals surface area (Å²) in [5.41, 5.74) is 6.89. The van der Waals surface area contributed by atoms with Gasteiger partial charge in [-0.05, 0) is 13.1 Å². The Kier molecular flexibility index (Phi) is 2.33. The zero-order valence-corrected chi connectivity index (χ0v) is 6.46. The van der Waals surface area contributed by atoms with Crippen LogP contribution in [0.2, 0.25) is 0 Å². The molecule has 0 saturated heterocycles. The molecule has 0 atom stereocenters. The number of nitrogen functional groups attached to an aromatic ring is 1. The van der Waals surface area contributed by atoms with Crippen molar-refractivity contribution in [1.82, 2.24) is 5.32 Å². The van der Waals surface area contributed by atoms with Gasteiger partial charge in [0, 0.05) is 23.9 Å². The van der Waals surface area contributed by atoms with E-state index in [4.69, 9.17) is 5.73 Å². The number of nitrogens with one attached hydrogen (secondary N) is 1. The monoisotopic (exact) mass is 152 g/mol. The van der Waals surface area contributed by atoms with Crippen molar-refractivity contribution < 1.29 is 5.11 Å². The fourth-order valence-corrected chi connectivity index (χ4v) is 0.921. The van der Waals surface area contributed by atoms with E-state index in [0.717, 1.165) is 5.56 Å². The maximum atomic E-state index is 9.30. The first kappa shape index (κ1) is 7.88. The Labute approximate surface area is 65.8 Å². The van der Waals surface area contributed by atoms with Gasteiger partial charge >= 0.3 is 0 Å². The van der Waals surface area contributed by atoms with E-state index in [9.17, 15) is 5.11 Å². The van der Waals surface area contributed by atoms with Crippen LogP contribution in [0.15, 0.2) is 18.2 Å². The molecule has 0 saturated carbocycles. The summed E-state index contributed by atoms with van der Waals surface area (Å²) in [6.45, 7) is 0.659. The highest BCUT2D eigenvalue weighted by Gasteiger charge is 1.98. The number of benzene rings is 1. The maximum absolute atomic E-state index is 9.30. The number of anilines is 1. The van der Waals surface area contributed by atoms with Gasteiger partial charge in [-0.1, -0.05) is 6.07 Å². The largest absolute Gasteiger partial charge is 0.508 e. The second kappa shape index (κ2) is 3.25. The van der Waals surface area contributed by atoms with Gasteiger partial charge in [-0.25, -0.2) is 0 Å². The molecule has 0 amide bonds. The highest BCUT2D eigenvalue weighted by molar-refractivity contribution is 5.47. The third kappa shape index (κ3) is 1.85. The van der Waals surface area contributed by atoms with Crippen LogP contribution in [0.4, 0.5) is 5.69 Å². The summed E-state index contributed by atoms with van der Waals surface area (Å²) in [5.74, 6) is 0.249. The van der Waals surface area contributed by atoms with Crippen molar-refractivity contribution in [3.05, 3.63) is 23.8 Å². The fraction of sp³-hybridized carbons (Fsp3) is 0.250. The average Bonchev–Trinajstić information content (AvgIpc) is 1.95. The zero-order valence-electron chi connectivity index (χ0n) is 6.46. The van der Waals surface area contributed by atoms with Crippen LogP contribution in [0.5, 0.6) is 5.75 Å². The molecule has 3 heteroatoms. The lowest BCUT2D eigenvalue weighted by Gasteiger charge is -2.03. The number of rotatable bonds is 2. The highest BCUT2D eigenvalue weighted by atomic mass is 16.3. The molecule has 60 valence electrons. The zero-order chi connectivity index (χ0) is 8.27. The van der Waals surface area contributed by atoms with Crippen molar-refractivity contribution in [2.24, 2.45) is 0 Å². The summed E-state index contributed by atoms with van der Waals surface area (Å²) in [7, 11) is 1.83. The number of phenols is 1. The van der Waals surface area contributed by atoms with E-state index in [0.29, 0.717) is 12.2 Å². The molecule has 3 nitrogen and oxygen atoms in total. The van der Waals surface area contributed by atoms with Crippen LogP contribution >= 0.6 is 0 Å². The van der Waals surface area contributed by atoms with Gasteiger partial charge < -0.3 is 16.2 Å². The van der Waals surface area contributed by atoms with Crippen LogP contribution in [0.3, 0.4) is 0 Å². The van der Waals surface area contributed by atoms with Crippen molar-refractivity contribution in [2.75, 3.05) is 12.8 Å². The van der Waals surface area contributed by atoms with Crippen molar-refractivity contribution in [3.8, 4) is 5.75 Å². The minimum atomic E-state index is 0.249. The summed E-state index contributed by atoms with van der Waals surface area (Å²) < 4.78 is 0.